The highest BCUT2D eigenvalue weighted by atomic mass is 19.4. The van der Waals surface area contributed by atoms with E-state index in [1.807, 2.05) is 0 Å². The lowest BCUT2D eigenvalue weighted by molar-refractivity contribution is -0.485. The Labute approximate surface area is 152 Å². The van der Waals surface area contributed by atoms with Crippen molar-refractivity contribution in [3.63, 3.8) is 0 Å². The molecule has 0 radical (unpaired) electrons. The fraction of sp³-hybridized carbons (Fsp3) is 0.615. The predicted octanol–water partition coefficient (Wildman–Crippen LogP) is 3.37. The molecule has 1 fully saturated rings. The van der Waals surface area contributed by atoms with Gasteiger partial charge in [-0.1, -0.05) is 0 Å². The van der Waals surface area contributed by atoms with E-state index in [0.717, 1.165) is 17.2 Å². The van der Waals surface area contributed by atoms with Crippen molar-refractivity contribution in [1.82, 2.24) is 19.6 Å². The number of hydrogen-bond donors (Lipinski definition) is 1. The van der Waals surface area contributed by atoms with Gasteiger partial charge in [-0.05, 0) is 0 Å². The number of hydrogen-bond acceptors (Lipinski definition) is 4. The Morgan fingerprint density at radius 3 is 1.76 bits per heavy atom. The number of halogens is 11. The number of rotatable bonds is 3. The molecule has 0 spiro atoms. The zero-order chi connectivity index (χ0) is 22.3. The number of alkyl halides is 11. The summed E-state index contributed by atoms with van der Waals surface area (Å²) in [7, 11) is 0. The van der Waals surface area contributed by atoms with Crippen LogP contribution in [0.25, 0.3) is 11.2 Å². The van der Waals surface area contributed by atoms with E-state index in [1.54, 1.807) is 0 Å². The largest absolute Gasteiger partial charge is 0.384 e. The lowest BCUT2D eigenvalue weighted by Gasteiger charge is -2.52. The van der Waals surface area contributed by atoms with Crippen molar-refractivity contribution in [2.45, 2.75) is 48.1 Å². The normalized spacial score (nSPS) is 25.8. The Hall–Kier alpha value is -2.42. The van der Waals surface area contributed by atoms with Gasteiger partial charge < -0.3 is 5.84 Å². The first kappa shape index (κ1) is 21.3. The number of aryl methyl sites for hydroxylation is 1. The highest BCUT2D eigenvalue weighted by Gasteiger charge is 3.00. The van der Waals surface area contributed by atoms with Crippen molar-refractivity contribution in [2.75, 3.05) is 5.84 Å². The fourth-order valence-electron chi connectivity index (χ4n) is 2.87. The van der Waals surface area contributed by atoms with E-state index in [2.05, 4.69) is 15.0 Å². The number of nitrogen functional groups attached to an aromatic ring is 1. The van der Waals surface area contributed by atoms with E-state index in [1.165, 1.54) is 0 Å². The van der Waals surface area contributed by atoms with Gasteiger partial charge in [0, 0.05) is 12.8 Å². The first-order valence-corrected chi connectivity index (χ1v) is 7.48. The summed E-state index contributed by atoms with van der Waals surface area (Å²) in [5, 5.41) is 0. The molecule has 3 rings (SSSR count). The van der Waals surface area contributed by atoms with Crippen molar-refractivity contribution in [3.05, 3.63) is 18.3 Å². The Balaban J connectivity index is 2.05. The van der Waals surface area contributed by atoms with Gasteiger partial charge in [-0.15, -0.1) is 0 Å². The molecule has 2 N–H and O–H groups in total. The first-order valence-electron chi connectivity index (χ1n) is 7.48. The van der Waals surface area contributed by atoms with Gasteiger partial charge in [-0.3, -0.25) is 0 Å². The Morgan fingerprint density at radius 2 is 1.24 bits per heavy atom. The van der Waals surface area contributed by atoms with Crippen molar-refractivity contribution in [2.24, 2.45) is 0 Å². The van der Waals surface area contributed by atoms with Gasteiger partial charge in [0.2, 0.25) is 5.67 Å². The topological polar surface area (TPSA) is 69.6 Å². The number of fused-ring (bicyclic) bond motifs is 1. The van der Waals surface area contributed by atoms with Crippen LogP contribution in [0.3, 0.4) is 0 Å². The maximum atomic E-state index is 14.6. The summed E-state index contributed by atoms with van der Waals surface area (Å²) in [6.07, 6.45) is -1.98. The SMILES string of the molecule is Nn1cnc2cnc(CCC3(F)C(F)(F)C(F)(F)C(F)(F)C(F)(F)C3(F)F)nc21. The van der Waals surface area contributed by atoms with E-state index >= 15 is 0 Å². The van der Waals surface area contributed by atoms with E-state index in [9.17, 15) is 48.3 Å². The summed E-state index contributed by atoms with van der Waals surface area (Å²) in [5.74, 6) is -30.6. The minimum absolute atomic E-state index is 0.0113. The summed E-state index contributed by atoms with van der Waals surface area (Å²) in [5.41, 5.74) is -6.26. The van der Waals surface area contributed by atoms with E-state index in [4.69, 9.17) is 5.84 Å². The summed E-state index contributed by atoms with van der Waals surface area (Å²) >= 11 is 0. The van der Waals surface area contributed by atoms with Crippen LogP contribution in [0.1, 0.15) is 12.2 Å². The predicted molar refractivity (Wildman–Crippen MR) is 72.4 cm³/mol. The van der Waals surface area contributed by atoms with Crippen LogP contribution < -0.4 is 5.84 Å². The molecule has 1 saturated carbocycles. The lowest BCUT2D eigenvalue weighted by atomic mass is 9.70. The summed E-state index contributed by atoms with van der Waals surface area (Å²) in [6, 6.07) is 0. The molecule has 0 saturated heterocycles. The smallest absolute Gasteiger partial charge is 0.336 e. The van der Waals surface area contributed by atoms with Crippen molar-refractivity contribution in [3.8, 4) is 0 Å². The van der Waals surface area contributed by atoms with Crippen LogP contribution in [-0.2, 0) is 6.42 Å². The zero-order valence-electron chi connectivity index (χ0n) is 13.6. The number of imidazole rings is 1. The van der Waals surface area contributed by atoms with Gasteiger partial charge in [0.05, 0.1) is 6.20 Å². The molecule has 29 heavy (non-hydrogen) atoms. The van der Waals surface area contributed by atoms with Crippen molar-refractivity contribution >= 4 is 11.2 Å². The van der Waals surface area contributed by atoms with Gasteiger partial charge in [-0.25, -0.2) is 24.0 Å². The zero-order valence-corrected chi connectivity index (χ0v) is 13.6. The van der Waals surface area contributed by atoms with Crippen LogP contribution in [0.4, 0.5) is 48.3 Å². The van der Waals surface area contributed by atoms with Gasteiger partial charge in [0.1, 0.15) is 17.7 Å². The molecular formula is C13H8F11N5. The molecule has 1 aliphatic carbocycles. The molecule has 0 atom stereocenters. The van der Waals surface area contributed by atoms with Crippen molar-refractivity contribution in [1.29, 1.82) is 0 Å². The third-order valence-electron chi connectivity index (χ3n) is 4.63. The van der Waals surface area contributed by atoms with Crippen LogP contribution in [0.2, 0.25) is 0 Å². The summed E-state index contributed by atoms with van der Waals surface area (Å²) < 4.78 is 151. The quantitative estimate of drug-likeness (QED) is 0.584. The number of aromatic nitrogens is 4. The van der Waals surface area contributed by atoms with Crippen LogP contribution in [0.15, 0.2) is 12.5 Å². The highest BCUT2D eigenvalue weighted by Crippen LogP contribution is 2.70. The first-order chi connectivity index (χ1) is 13.0. The molecule has 2 aromatic heterocycles. The third kappa shape index (κ3) is 2.25. The Kier molecular flexibility index (Phi) is 4.10. The standard InChI is InChI=1S/C13H8F11N5/c14-8(2-1-6-26-3-5-7(28-6)29(25)4-27-5)9(15,16)11(19,20)13(23,24)12(21,22)10(8,17)18/h3-4H,1-2,25H2. The molecule has 1 aliphatic rings. The third-order valence-corrected chi connectivity index (χ3v) is 4.63. The second-order valence-corrected chi connectivity index (χ2v) is 6.32. The van der Waals surface area contributed by atoms with Crippen molar-refractivity contribution < 1.29 is 48.3 Å². The average molecular weight is 443 g/mol. The monoisotopic (exact) mass is 443 g/mol. The Bertz CT molecular complexity index is 924. The molecule has 0 amide bonds. The summed E-state index contributed by atoms with van der Waals surface area (Å²) in [4.78, 5) is 10.6. The van der Waals surface area contributed by atoms with Gasteiger partial charge in [0.25, 0.3) is 0 Å². The molecule has 0 aliphatic heterocycles. The minimum Gasteiger partial charge on any atom is -0.336 e. The average Bonchev–Trinajstić information content (AvgIpc) is 2.98. The molecule has 16 heteroatoms. The molecule has 162 valence electrons. The van der Waals surface area contributed by atoms with Gasteiger partial charge in [-0.2, -0.15) is 43.9 Å². The van der Waals surface area contributed by atoms with Crippen LogP contribution in [0.5, 0.6) is 0 Å². The van der Waals surface area contributed by atoms with Crippen LogP contribution >= 0.6 is 0 Å². The minimum atomic E-state index is -7.23. The lowest BCUT2D eigenvalue weighted by Crippen LogP contribution is -2.83. The second-order valence-electron chi connectivity index (χ2n) is 6.32. The number of nitrogens with zero attached hydrogens (tertiary/aromatic N) is 4. The Morgan fingerprint density at radius 1 is 0.759 bits per heavy atom. The van der Waals surface area contributed by atoms with Gasteiger partial charge >= 0.3 is 29.6 Å². The highest BCUT2D eigenvalue weighted by molar-refractivity contribution is 5.69. The van der Waals surface area contributed by atoms with Gasteiger partial charge in [0.15, 0.2) is 5.65 Å². The molecule has 2 aromatic rings. The molecule has 0 unspecified atom stereocenters. The van der Waals surface area contributed by atoms with E-state index < -0.39 is 53.9 Å². The second kappa shape index (κ2) is 5.59. The maximum absolute atomic E-state index is 14.6. The molecule has 2 heterocycles. The van der Waals surface area contributed by atoms with Crippen LogP contribution in [-0.4, -0.2) is 54.9 Å². The molecule has 5 nitrogen and oxygen atoms in total. The van der Waals surface area contributed by atoms with E-state index in [0.29, 0.717) is 0 Å². The molecular weight excluding hydrogens is 435 g/mol. The van der Waals surface area contributed by atoms with Crippen LogP contribution in [0, 0.1) is 0 Å². The molecule has 0 aromatic carbocycles. The number of nitrogens with two attached hydrogens (primary N) is 1. The summed E-state index contributed by atoms with van der Waals surface area (Å²) in [6.45, 7) is 0. The maximum Gasteiger partial charge on any atom is 0.384 e. The van der Waals surface area contributed by atoms with E-state index in [-0.39, 0.29) is 11.2 Å². The molecule has 0 bridgehead atoms. The fourth-order valence-corrected chi connectivity index (χ4v) is 2.87.